The number of benzene rings is 1. The van der Waals surface area contributed by atoms with Crippen molar-refractivity contribution in [2.24, 2.45) is 0 Å². The molecule has 0 saturated carbocycles. The molecule has 0 aliphatic rings. The number of anilines is 1. The minimum absolute atomic E-state index is 0.0918. The van der Waals surface area contributed by atoms with Crippen LogP contribution < -0.4 is 10.5 Å². The molecule has 10 heteroatoms. The summed E-state index contributed by atoms with van der Waals surface area (Å²) in [6, 6.07) is 4.56. The average molecular weight is 320 g/mol. The molecule has 2 aromatic rings. The standard InChI is InChI=1S/C11H11F3N4O2S/c1-16-21(19,20)9-3-2-7(6-8(9)15)18-5-4-10(17-18)11(12,13)14/h2-6,16H,15H2,1H3. The van der Waals surface area contributed by atoms with Crippen LogP contribution in [0.2, 0.25) is 0 Å². The zero-order valence-corrected chi connectivity index (χ0v) is 11.5. The van der Waals surface area contributed by atoms with E-state index in [-0.39, 0.29) is 16.3 Å². The molecular formula is C11H11F3N4O2S. The number of nitrogens with one attached hydrogen (secondary N) is 1. The molecule has 0 saturated heterocycles. The number of rotatable bonds is 3. The van der Waals surface area contributed by atoms with Gasteiger partial charge in [-0.1, -0.05) is 0 Å². The summed E-state index contributed by atoms with van der Waals surface area (Å²) in [5, 5.41) is 3.38. The van der Waals surface area contributed by atoms with E-state index in [2.05, 4.69) is 9.82 Å². The first-order chi connectivity index (χ1) is 9.65. The summed E-state index contributed by atoms with van der Waals surface area (Å²) in [4.78, 5) is -0.156. The molecule has 0 radical (unpaired) electrons. The zero-order chi connectivity index (χ0) is 15.8. The van der Waals surface area contributed by atoms with Crippen LogP contribution in [-0.4, -0.2) is 25.2 Å². The first kappa shape index (κ1) is 15.3. The number of nitrogens with zero attached hydrogens (tertiary/aromatic N) is 2. The number of hydrogen-bond donors (Lipinski definition) is 2. The average Bonchev–Trinajstić information content (AvgIpc) is 2.87. The van der Waals surface area contributed by atoms with Crippen molar-refractivity contribution < 1.29 is 21.6 Å². The number of aromatic nitrogens is 2. The molecule has 0 spiro atoms. The van der Waals surface area contributed by atoms with Gasteiger partial charge in [-0.05, 0) is 31.3 Å². The number of nitrogen functional groups attached to an aromatic ring is 1. The fourth-order valence-electron chi connectivity index (χ4n) is 1.65. The fraction of sp³-hybridized carbons (Fsp3) is 0.182. The van der Waals surface area contributed by atoms with Crippen LogP contribution in [0.4, 0.5) is 18.9 Å². The van der Waals surface area contributed by atoms with Crippen molar-refractivity contribution in [1.29, 1.82) is 0 Å². The molecular weight excluding hydrogens is 309 g/mol. The van der Waals surface area contributed by atoms with Crippen molar-refractivity contribution in [2.75, 3.05) is 12.8 Å². The van der Waals surface area contributed by atoms with Gasteiger partial charge in [0.05, 0.1) is 11.4 Å². The summed E-state index contributed by atoms with van der Waals surface area (Å²) in [6.45, 7) is 0. The minimum atomic E-state index is -4.55. The lowest BCUT2D eigenvalue weighted by Gasteiger charge is -2.08. The summed E-state index contributed by atoms with van der Waals surface area (Å²) in [7, 11) is -2.50. The molecule has 3 N–H and O–H groups in total. The summed E-state index contributed by atoms with van der Waals surface area (Å²) in [6.07, 6.45) is -3.43. The van der Waals surface area contributed by atoms with Crippen molar-refractivity contribution in [1.82, 2.24) is 14.5 Å². The second-order valence-corrected chi connectivity index (χ2v) is 5.93. The Morgan fingerprint density at radius 2 is 1.95 bits per heavy atom. The van der Waals surface area contributed by atoms with Crippen LogP contribution in [0.15, 0.2) is 35.4 Å². The quantitative estimate of drug-likeness (QED) is 0.836. The zero-order valence-electron chi connectivity index (χ0n) is 10.7. The Hall–Kier alpha value is -2.07. The molecule has 0 fully saturated rings. The van der Waals surface area contributed by atoms with Crippen LogP contribution in [0.1, 0.15) is 5.69 Å². The molecule has 0 amide bonds. The van der Waals surface area contributed by atoms with Gasteiger partial charge < -0.3 is 5.73 Å². The summed E-state index contributed by atoms with van der Waals surface area (Å²) in [5.41, 5.74) is 4.71. The second-order valence-electron chi connectivity index (χ2n) is 4.07. The summed E-state index contributed by atoms with van der Waals surface area (Å²) < 4.78 is 63.8. The predicted molar refractivity (Wildman–Crippen MR) is 69.2 cm³/mol. The molecule has 0 unspecified atom stereocenters. The maximum atomic E-state index is 12.5. The van der Waals surface area contributed by atoms with Crippen molar-refractivity contribution in [3.63, 3.8) is 0 Å². The highest BCUT2D eigenvalue weighted by Gasteiger charge is 2.33. The lowest BCUT2D eigenvalue weighted by molar-refractivity contribution is -0.141. The Labute approximate surface area is 118 Å². The number of hydrogen-bond acceptors (Lipinski definition) is 4. The van der Waals surface area contributed by atoms with Gasteiger partial charge in [0, 0.05) is 6.20 Å². The van der Waals surface area contributed by atoms with Crippen LogP contribution >= 0.6 is 0 Å². The third-order valence-corrected chi connectivity index (χ3v) is 4.18. The number of halogens is 3. The van der Waals surface area contributed by atoms with Gasteiger partial charge in [0.25, 0.3) is 0 Å². The van der Waals surface area contributed by atoms with E-state index in [9.17, 15) is 21.6 Å². The van der Waals surface area contributed by atoms with Crippen molar-refractivity contribution >= 4 is 15.7 Å². The van der Waals surface area contributed by atoms with E-state index in [1.807, 2.05) is 0 Å². The molecule has 0 atom stereocenters. The second kappa shape index (κ2) is 5.04. The molecule has 0 aliphatic heterocycles. The van der Waals surface area contributed by atoms with Crippen LogP contribution in [0, 0.1) is 0 Å². The van der Waals surface area contributed by atoms with Gasteiger partial charge >= 0.3 is 6.18 Å². The molecule has 1 heterocycles. The lowest BCUT2D eigenvalue weighted by Crippen LogP contribution is -2.20. The molecule has 6 nitrogen and oxygen atoms in total. The Balaban J connectivity index is 2.44. The Morgan fingerprint density at radius 1 is 1.29 bits per heavy atom. The van der Waals surface area contributed by atoms with E-state index in [0.717, 1.165) is 16.9 Å². The number of alkyl halides is 3. The fourth-order valence-corrected chi connectivity index (χ4v) is 2.49. The van der Waals surface area contributed by atoms with E-state index in [0.29, 0.717) is 0 Å². The molecule has 21 heavy (non-hydrogen) atoms. The van der Waals surface area contributed by atoms with E-state index in [1.165, 1.54) is 25.2 Å². The van der Waals surface area contributed by atoms with Crippen LogP contribution in [-0.2, 0) is 16.2 Å². The normalized spacial score (nSPS) is 12.6. The van der Waals surface area contributed by atoms with Gasteiger partial charge in [-0.25, -0.2) is 17.8 Å². The molecule has 0 aliphatic carbocycles. The van der Waals surface area contributed by atoms with E-state index in [4.69, 9.17) is 5.73 Å². The maximum absolute atomic E-state index is 12.5. The monoisotopic (exact) mass is 320 g/mol. The van der Waals surface area contributed by atoms with Crippen molar-refractivity contribution in [3.05, 3.63) is 36.2 Å². The van der Waals surface area contributed by atoms with Gasteiger partial charge in [0.15, 0.2) is 5.69 Å². The van der Waals surface area contributed by atoms with Crippen molar-refractivity contribution in [2.45, 2.75) is 11.1 Å². The number of nitrogens with two attached hydrogens (primary N) is 1. The number of sulfonamides is 1. The highest BCUT2D eigenvalue weighted by Crippen LogP contribution is 2.28. The molecule has 2 rings (SSSR count). The lowest BCUT2D eigenvalue weighted by atomic mass is 10.3. The van der Waals surface area contributed by atoms with Gasteiger partial charge in [-0.2, -0.15) is 18.3 Å². The Bertz CT molecular complexity index is 768. The van der Waals surface area contributed by atoms with Crippen molar-refractivity contribution in [3.8, 4) is 5.69 Å². The predicted octanol–water partition coefficient (Wildman–Crippen LogP) is 1.38. The van der Waals surface area contributed by atoms with Gasteiger partial charge in [-0.15, -0.1) is 0 Å². The summed E-state index contributed by atoms with van der Waals surface area (Å²) in [5.74, 6) is 0. The Kier molecular flexibility index (Phi) is 3.68. The minimum Gasteiger partial charge on any atom is -0.398 e. The van der Waals surface area contributed by atoms with Crippen LogP contribution in [0.5, 0.6) is 0 Å². The van der Waals surface area contributed by atoms with Crippen LogP contribution in [0.3, 0.4) is 0 Å². The molecule has 0 bridgehead atoms. The van der Waals surface area contributed by atoms with E-state index >= 15 is 0 Å². The summed E-state index contributed by atoms with van der Waals surface area (Å²) >= 11 is 0. The van der Waals surface area contributed by atoms with Gasteiger partial charge in [-0.3, -0.25) is 0 Å². The molecule has 114 valence electrons. The topological polar surface area (TPSA) is 90.0 Å². The molecule has 1 aromatic heterocycles. The van der Waals surface area contributed by atoms with E-state index < -0.39 is 21.9 Å². The smallest absolute Gasteiger partial charge is 0.398 e. The third-order valence-electron chi connectivity index (χ3n) is 2.70. The Morgan fingerprint density at radius 3 is 2.43 bits per heavy atom. The van der Waals surface area contributed by atoms with Gasteiger partial charge in [0.2, 0.25) is 10.0 Å². The highest BCUT2D eigenvalue weighted by atomic mass is 32.2. The van der Waals surface area contributed by atoms with Gasteiger partial charge in [0.1, 0.15) is 4.90 Å². The van der Waals surface area contributed by atoms with E-state index in [1.54, 1.807) is 0 Å². The maximum Gasteiger partial charge on any atom is 0.435 e. The first-order valence-electron chi connectivity index (χ1n) is 5.61. The van der Waals surface area contributed by atoms with Crippen LogP contribution in [0.25, 0.3) is 5.69 Å². The first-order valence-corrected chi connectivity index (χ1v) is 7.10. The molecule has 1 aromatic carbocycles. The SMILES string of the molecule is CNS(=O)(=O)c1ccc(-n2ccc(C(F)(F)F)n2)cc1N. The highest BCUT2D eigenvalue weighted by molar-refractivity contribution is 7.89. The largest absolute Gasteiger partial charge is 0.435 e. The third kappa shape index (κ3) is 3.00.